The van der Waals surface area contributed by atoms with Crippen molar-refractivity contribution in [3.05, 3.63) is 52.6 Å². The summed E-state index contributed by atoms with van der Waals surface area (Å²) >= 11 is 0. The summed E-state index contributed by atoms with van der Waals surface area (Å²) in [7, 11) is 1.87. The van der Waals surface area contributed by atoms with Crippen molar-refractivity contribution in [1.29, 1.82) is 0 Å². The number of nitrogens with one attached hydrogen (secondary N) is 1. The molecule has 2 saturated carbocycles. The molecule has 0 aromatic heterocycles. The summed E-state index contributed by atoms with van der Waals surface area (Å²) in [6, 6.07) is 8.29. The largest absolute Gasteiger partial charge is 0.451 e. The first-order valence-corrected chi connectivity index (χ1v) is 12.4. The van der Waals surface area contributed by atoms with Crippen LogP contribution in [0, 0.1) is 17.3 Å². The minimum absolute atomic E-state index is 0.0210. The van der Waals surface area contributed by atoms with Gasteiger partial charge in [-0.2, -0.15) is 0 Å². The van der Waals surface area contributed by atoms with Crippen LogP contribution in [-0.4, -0.2) is 30.2 Å². The van der Waals surface area contributed by atoms with Crippen LogP contribution in [0.3, 0.4) is 0 Å². The maximum Gasteiger partial charge on any atom is 0.303 e. The summed E-state index contributed by atoms with van der Waals surface area (Å²) in [6.45, 7) is 0.533. The van der Waals surface area contributed by atoms with E-state index in [4.69, 9.17) is 8.85 Å². The lowest BCUT2D eigenvalue weighted by Crippen LogP contribution is -2.57. The summed E-state index contributed by atoms with van der Waals surface area (Å²) in [5.41, 5.74) is 3.74. The predicted molar refractivity (Wildman–Crippen MR) is 131 cm³/mol. The molecule has 0 unspecified atom stereocenters. The topological polar surface area (TPSA) is 72.5 Å². The molecule has 4 aliphatic rings. The highest BCUT2D eigenvalue weighted by Crippen LogP contribution is 2.67. The highest BCUT2D eigenvalue weighted by atomic mass is 16.6. The third-order valence-corrected chi connectivity index (χ3v) is 9.29. The molecule has 0 radical (unpaired) electrons. The minimum Gasteiger partial charge on any atom is -0.451 e. The van der Waals surface area contributed by atoms with Crippen molar-refractivity contribution in [2.24, 2.45) is 17.3 Å². The van der Waals surface area contributed by atoms with E-state index in [1.807, 2.05) is 32.2 Å². The highest BCUT2D eigenvalue weighted by molar-refractivity contribution is 5.93. The van der Waals surface area contributed by atoms with Gasteiger partial charge in [-0.15, -0.1) is 0 Å². The first-order valence-electron chi connectivity index (χ1n) is 13.9. The molecule has 180 valence electrons. The number of ether oxygens (including phenoxy) is 1. The fourth-order valence-electron chi connectivity index (χ4n) is 7.81. The molecule has 5 rings (SSSR count). The van der Waals surface area contributed by atoms with Gasteiger partial charge in [-0.3, -0.25) is 14.4 Å². The average molecular weight is 465 g/mol. The number of hydrogen-bond donors (Lipinski definition) is 1. The Hall–Kier alpha value is -2.69. The van der Waals surface area contributed by atoms with E-state index in [-0.39, 0.29) is 29.3 Å². The molecule has 0 spiro atoms. The second-order valence-electron chi connectivity index (χ2n) is 10.7. The molecule has 0 aliphatic heterocycles. The van der Waals surface area contributed by atoms with Crippen molar-refractivity contribution in [2.75, 3.05) is 12.4 Å². The molecule has 1 N–H and O–H groups in total. The van der Waals surface area contributed by atoms with Crippen LogP contribution in [0.2, 0.25) is 0 Å². The summed E-state index contributed by atoms with van der Waals surface area (Å²) in [5, 5.41) is 3.16. The Labute approximate surface area is 206 Å². The quantitative estimate of drug-likeness (QED) is 0.594. The molecule has 0 heterocycles. The Balaban J connectivity index is 1.67. The number of carbonyl (C=O) groups excluding carboxylic acids is 3. The molecule has 0 amide bonds. The van der Waals surface area contributed by atoms with Crippen LogP contribution >= 0.6 is 0 Å². The van der Waals surface area contributed by atoms with Gasteiger partial charge in [-0.25, -0.2) is 0 Å². The molecule has 4 aliphatic carbocycles. The molecule has 5 atom stereocenters. The van der Waals surface area contributed by atoms with Gasteiger partial charge in [0, 0.05) is 41.5 Å². The second kappa shape index (κ2) is 8.21. The molecule has 0 bridgehead atoms. The van der Waals surface area contributed by atoms with Crippen molar-refractivity contribution in [1.82, 2.24) is 0 Å². The van der Waals surface area contributed by atoms with Crippen molar-refractivity contribution >= 4 is 23.2 Å². The molecule has 5 heteroatoms. The SMILES string of the molecule is [2H]C([2H])([2H])C(=O)O[C@]1(C(C)=O)CC[C@H]2[C@@H]3CCC4=CC(=O)CCC4=C3[C@@H](c3ccc(NC)cc3)C[C@@]21C. The van der Waals surface area contributed by atoms with Crippen LogP contribution in [0.15, 0.2) is 47.1 Å². The Morgan fingerprint density at radius 3 is 2.59 bits per heavy atom. The van der Waals surface area contributed by atoms with E-state index in [2.05, 4.69) is 17.4 Å². The molecular formula is C29H35NO4. The summed E-state index contributed by atoms with van der Waals surface area (Å²) in [6.07, 6.45) is 6.34. The van der Waals surface area contributed by atoms with E-state index in [0.29, 0.717) is 25.7 Å². The third kappa shape index (κ3) is 3.30. The number of ketones is 2. The Morgan fingerprint density at radius 2 is 1.91 bits per heavy atom. The minimum atomic E-state index is -2.93. The first-order chi connectivity index (χ1) is 17.4. The highest BCUT2D eigenvalue weighted by Gasteiger charge is 2.67. The van der Waals surface area contributed by atoms with Crippen LogP contribution in [0.1, 0.15) is 81.2 Å². The molecule has 1 aromatic carbocycles. The number of benzene rings is 1. The molecule has 5 nitrogen and oxygen atoms in total. The van der Waals surface area contributed by atoms with Gasteiger partial charge in [0.15, 0.2) is 17.2 Å². The first kappa shape index (κ1) is 19.6. The second-order valence-corrected chi connectivity index (χ2v) is 10.7. The molecule has 2 fully saturated rings. The van der Waals surface area contributed by atoms with Gasteiger partial charge in [-0.05, 0) is 92.2 Å². The molecule has 34 heavy (non-hydrogen) atoms. The number of Topliss-reactive ketones (excluding diaryl/α,β-unsaturated/α-hetero) is 1. The lowest BCUT2D eigenvalue weighted by molar-refractivity contribution is -0.182. The maximum atomic E-state index is 13.3. The van der Waals surface area contributed by atoms with Gasteiger partial charge in [0.2, 0.25) is 0 Å². The van der Waals surface area contributed by atoms with Crippen LogP contribution in [0.4, 0.5) is 5.69 Å². The summed E-state index contributed by atoms with van der Waals surface area (Å²) in [4.78, 5) is 38.2. The van der Waals surface area contributed by atoms with E-state index in [1.165, 1.54) is 18.1 Å². The maximum absolute atomic E-state index is 13.3. The van der Waals surface area contributed by atoms with Gasteiger partial charge >= 0.3 is 5.97 Å². The number of esters is 1. The zero-order chi connectivity index (χ0) is 26.8. The zero-order valence-corrected chi connectivity index (χ0v) is 20.2. The predicted octanol–water partition coefficient (Wildman–Crippen LogP) is 5.52. The normalized spacial score (nSPS) is 36.2. The monoisotopic (exact) mass is 464 g/mol. The molecule has 1 aromatic rings. The number of anilines is 1. The lowest BCUT2D eigenvalue weighted by Gasteiger charge is -2.55. The van der Waals surface area contributed by atoms with Crippen LogP contribution in [0.25, 0.3) is 0 Å². The van der Waals surface area contributed by atoms with E-state index in [0.717, 1.165) is 36.1 Å². The third-order valence-electron chi connectivity index (χ3n) is 9.29. The van der Waals surface area contributed by atoms with E-state index in [9.17, 15) is 14.4 Å². The smallest absolute Gasteiger partial charge is 0.303 e. The molecule has 0 saturated heterocycles. The van der Waals surface area contributed by atoms with E-state index >= 15 is 0 Å². The summed E-state index contributed by atoms with van der Waals surface area (Å²) in [5.74, 6) is -1.16. The number of allylic oxidation sites excluding steroid dienone is 4. The van der Waals surface area contributed by atoms with Crippen molar-refractivity contribution in [2.45, 2.75) is 77.2 Å². The fraction of sp³-hybridized carbons (Fsp3) is 0.552. The Kier molecular flexibility index (Phi) is 4.73. The van der Waals surface area contributed by atoms with Crippen LogP contribution in [-0.2, 0) is 19.1 Å². The Bertz CT molecular complexity index is 1210. The number of fused-ring (bicyclic) bond motifs is 4. The van der Waals surface area contributed by atoms with Crippen molar-refractivity contribution < 1.29 is 23.2 Å². The average Bonchev–Trinajstić information content (AvgIpc) is 3.15. The van der Waals surface area contributed by atoms with E-state index < -0.39 is 23.8 Å². The van der Waals surface area contributed by atoms with Gasteiger partial charge in [0.1, 0.15) is 0 Å². The van der Waals surface area contributed by atoms with Crippen molar-refractivity contribution in [3.8, 4) is 0 Å². The molecular weight excluding hydrogens is 426 g/mol. The fourth-order valence-corrected chi connectivity index (χ4v) is 7.81. The summed E-state index contributed by atoms with van der Waals surface area (Å²) < 4.78 is 28.6. The number of hydrogen-bond acceptors (Lipinski definition) is 5. The van der Waals surface area contributed by atoms with Gasteiger partial charge in [-0.1, -0.05) is 24.6 Å². The Morgan fingerprint density at radius 1 is 1.15 bits per heavy atom. The number of rotatable bonds is 4. The van der Waals surface area contributed by atoms with Crippen LogP contribution in [0.5, 0.6) is 0 Å². The zero-order valence-electron chi connectivity index (χ0n) is 23.2. The van der Waals surface area contributed by atoms with Gasteiger partial charge < -0.3 is 10.1 Å². The van der Waals surface area contributed by atoms with Crippen molar-refractivity contribution in [3.63, 3.8) is 0 Å². The van der Waals surface area contributed by atoms with E-state index in [1.54, 1.807) is 0 Å². The van der Waals surface area contributed by atoms with Gasteiger partial charge in [0.05, 0.1) is 0 Å². The standard InChI is InChI=1S/C29H35NO4/c1-17(31)29(34-18(2)32)14-13-26-24-11-7-20-15-22(33)10-12-23(20)27(24)25(16-28(26,29)3)19-5-8-21(30-4)9-6-19/h5-6,8-9,15,24-26,30H,7,10-14,16H2,1-4H3/t24-,25+,26-,28-,29-/m0/s1/i2D3. The van der Waals surface area contributed by atoms with Gasteiger partial charge in [0.25, 0.3) is 0 Å². The lowest BCUT2D eigenvalue weighted by atomic mass is 9.50. The number of carbonyl (C=O) groups is 3. The van der Waals surface area contributed by atoms with Crippen LogP contribution < -0.4 is 5.32 Å².